The fourth-order valence-electron chi connectivity index (χ4n) is 3.39. The maximum absolute atomic E-state index is 12.5. The lowest BCUT2D eigenvalue weighted by Crippen LogP contribution is -2.48. The van der Waals surface area contributed by atoms with E-state index in [0.717, 1.165) is 15.3 Å². The number of carbonyl (C=O) groups excluding carboxylic acids is 1. The molecule has 1 amide bonds. The van der Waals surface area contributed by atoms with E-state index in [1.165, 1.54) is 35.8 Å². The summed E-state index contributed by atoms with van der Waals surface area (Å²) in [4.78, 5) is 31.6. The Bertz CT molecular complexity index is 1320. The molecule has 1 fully saturated rings. The molecule has 9 nitrogen and oxygen atoms in total. The van der Waals surface area contributed by atoms with Gasteiger partial charge in [0.1, 0.15) is 0 Å². The molecule has 0 N–H and O–H groups in total. The van der Waals surface area contributed by atoms with Gasteiger partial charge >= 0.3 is 0 Å². The SMILES string of the molecule is CS(=O)(=O)c1ccc2nc(N3CCN(C(=O)/C=C/c4cccc([N+](=O)[O-])c4)CC3)sc2c1. The number of hydrogen-bond donors (Lipinski definition) is 0. The minimum atomic E-state index is -3.28. The van der Waals surface area contributed by atoms with E-state index in [9.17, 15) is 23.3 Å². The van der Waals surface area contributed by atoms with E-state index in [1.54, 1.807) is 41.3 Å². The fourth-order valence-corrected chi connectivity index (χ4v) is 5.17. The molecule has 32 heavy (non-hydrogen) atoms. The van der Waals surface area contributed by atoms with Gasteiger partial charge in [-0.1, -0.05) is 23.5 Å². The smallest absolute Gasteiger partial charge is 0.270 e. The van der Waals surface area contributed by atoms with Crippen LogP contribution in [0, 0.1) is 10.1 Å². The standard InChI is InChI=1S/C21H20N4O5S2/c1-32(29,30)17-6-7-18-19(14-17)31-21(22-18)24-11-9-23(10-12-24)20(26)8-5-15-3-2-4-16(13-15)25(27)28/h2-8,13-14H,9-12H2,1H3/b8-5+. The molecule has 11 heteroatoms. The highest BCUT2D eigenvalue weighted by molar-refractivity contribution is 7.90. The molecule has 0 bridgehead atoms. The molecule has 0 spiro atoms. The van der Waals surface area contributed by atoms with Crippen molar-refractivity contribution in [1.82, 2.24) is 9.88 Å². The number of anilines is 1. The van der Waals surface area contributed by atoms with Gasteiger partial charge < -0.3 is 9.80 Å². The van der Waals surface area contributed by atoms with E-state index in [1.807, 2.05) is 0 Å². The number of hydrogen-bond acceptors (Lipinski definition) is 8. The van der Waals surface area contributed by atoms with Crippen LogP contribution in [0.3, 0.4) is 0 Å². The van der Waals surface area contributed by atoms with E-state index >= 15 is 0 Å². The quantitative estimate of drug-likeness (QED) is 0.319. The molecule has 4 rings (SSSR count). The number of nitrogens with zero attached hydrogens (tertiary/aromatic N) is 4. The molecule has 1 saturated heterocycles. The minimum absolute atomic E-state index is 0.0206. The van der Waals surface area contributed by atoms with Crippen molar-refractivity contribution < 1.29 is 18.1 Å². The van der Waals surface area contributed by atoms with Crippen LogP contribution in [-0.2, 0) is 14.6 Å². The summed E-state index contributed by atoms with van der Waals surface area (Å²) < 4.78 is 24.4. The molecular weight excluding hydrogens is 452 g/mol. The minimum Gasteiger partial charge on any atom is -0.345 e. The van der Waals surface area contributed by atoms with Gasteiger partial charge in [-0.05, 0) is 29.8 Å². The summed E-state index contributed by atoms with van der Waals surface area (Å²) in [6.45, 7) is 2.25. The average molecular weight is 473 g/mol. The molecule has 2 heterocycles. The maximum Gasteiger partial charge on any atom is 0.270 e. The van der Waals surface area contributed by atoms with Crippen LogP contribution in [0.5, 0.6) is 0 Å². The topological polar surface area (TPSA) is 114 Å². The van der Waals surface area contributed by atoms with Gasteiger partial charge in [0.25, 0.3) is 5.69 Å². The Kier molecular flexibility index (Phi) is 5.94. The zero-order valence-corrected chi connectivity index (χ0v) is 18.8. The predicted molar refractivity (Wildman–Crippen MR) is 124 cm³/mol. The van der Waals surface area contributed by atoms with Gasteiger partial charge in [0, 0.05) is 50.6 Å². The van der Waals surface area contributed by atoms with Crippen LogP contribution in [0.2, 0.25) is 0 Å². The summed E-state index contributed by atoms with van der Waals surface area (Å²) in [6, 6.07) is 11.0. The molecule has 0 aliphatic carbocycles. The molecule has 0 radical (unpaired) electrons. The highest BCUT2D eigenvalue weighted by atomic mass is 32.2. The van der Waals surface area contributed by atoms with Crippen LogP contribution in [0.15, 0.2) is 53.4 Å². The summed E-state index contributed by atoms with van der Waals surface area (Å²) in [5.74, 6) is -0.154. The number of piperazine rings is 1. The van der Waals surface area contributed by atoms with Gasteiger partial charge in [-0.25, -0.2) is 13.4 Å². The van der Waals surface area contributed by atoms with Crippen molar-refractivity contribution in [2.75, 3.05) is 37.3 Å². The molecule has 0 unspecified atom stereocenters. The highest BCUT2D eigenvalue weighted by Crippen LogP contribution is 2.31. The summed E-state index contributed by atoms with van der Waals surface area (Å²) >= 11 is 1.43. The number of nitro benzene ring substituents is 1. The number of non-ortho nitro benzene ring substituents is 1. The Labute approximate surface area is 188 Å². The second-order valence-corrected chi connectivity index (χ2v) is 10.4. The first-order valence-electron chi connectivity index (χ1n) is 9.78. The van der Waals surface area contributed by atoms with Gasteiger partial charge in [-0.15, -0.1) is 0 Å². The molecule has 166 valence electrons. The third-order valence-electron chi connectivity index (χ3n) is 5.14. The van der Waals surface area contributed by atoms with Crippen molar-refractivity contribution in [2.45, 2.75) is 4.90 Å². The van der Waals surface area contributed by atoms with Crippen LogP contribution < -0.4 is 4.90 Å². The number of thiazole rings is 1. The van der Waals surface area contributed by atoms with Crippen LogP contribution in [0.4, 0.5) is 10.8 Å². The summed E-state index contributed by atoms with van der Waals surface area (Å²) in [5.41, 5.74) is 1.32. The van der Waals surface area contributed by atoms with Crippen LogP contribution >= 0.6 is 11.3 Å². The van der Waals surface area contributed by atoms with E-state index in [-0.39, 0.29) is 16.5 Å². The lowest BCUT2D eigenvalue weighted by Gasteiger charge is -2.34. The van der Waals surface area contributed by atoms with E-state index in [4.69, 9.17) is 0 Å². The Morgan fingerprint density at radius 1 is 1.16 bits per heavy atom. The number of nitro groups is 1. The first kappa shape index (κ1) is 21.9. The third kappa shape index (κ3) is 4.78. The van der Waals surface area contributed by atoms with Crippen molar-refractivity contribution >= 4 is 54.2 Å². The number of aromatic nitrogens is 1. The monoisotopic (exact) mass is 472 g/mol. The summed E-state index contributed by atoms with van der Waals surface area (Å²) in [7, 11) is -3.28. The van der Waals surface area contributed by atoms with Crippen molar-refractivity contribution in [2.24, 2.45) is 0 Å². The molecular formula is C21H20N4O5S2. The Morgan fingerprint density at radius 2 is 1.91 bits per heavy atom. The van der Waals surface area contributed by atoms with Gasteiger partial charge in [0.05, 0.1) is 20.0 Å². The first-order chi connectivity index (χ1) is 15.2. The van der Waals surface area contributed by atoms with Gasteiger partial charge in [0.15, 0.2) is 15.0 Å². The molecule has 1 aliphatic heterocycles. The van der Waals surface area contributed by atoms with Crippen LogP contribution in [-0.4, -0.2) is 61.6 Å². The van der Waals surface area contributed by atoms with Crippen molar-refractivity contribution in [1.29, 1.82) is 0 Å². The lowest BCUT2D eigenvalue weighted by molar-refractivity contribution is -0.384. The number of rotatable bonds is 5. The lowest BCUT2D eigenvalue weighted by atomic mass is 10.2. The van der Waals surface area contributed by atoms with E-state index in [0.29, 0.717) is 31.7 Å². The van der Waals surface area contributed by atoms with Gasteiger partial charge in [0.2, 0.25) is 5.91 Å². The second-order valence-electron chi connectivity index (χ2n) is 7.40. The van der Waals surface area contributed by atoms with E-state index < -0.39 is 14.8 Å². The molecule has 3 aromatic rings. The van der Waals surface area contributed by atoms with Gasteiger partial charge in [-0.3, -0.25) is 14.9 Å². The number of amides is 1. The normalized spacial score (nSPS) is 14.9. The maximum atomic E-state index is 12.5. The zero-order chi connectivity index (χ0) is 22.9. The summed E-state index contributed by atoms with van der Waals surface area (Å²) in [6.07, 6.45) is 4.19. The Balaban J connectivity index is 1.40. The molecule has 0 atom stereocenters. The molecule has 1 aromatic heterocycles. The Morgan fingerprint density at radius 3 is 2.59 bits per heavy atom. The van der Waals surface area contributed by atoms with E-state index in [2.05, 4.69) is 9.88 Å². The van der Waals surface area contributed by atoms with Crippen molar-refractivity contribution in [3.05, 3.63) is 64.2 Å². The molecule has 1 aliphatic rings. The number of sulfone groups is 1. The second kappa shape index (κ2) is 8.67. The third-order valence-corrected chi connectivity index (χ3v) is 7.33. The average Bonchev–Trinajstić information content (AvgIpc) is 3.20. The number of carbonyl (C=O) groups is 1. The molecule has 0 saturated carbocycles. The fraction of sp³-hybridized carbons (Fsp3) is 0.238. The Hall–Kier alpha value is -3.31. The number of benzene rings is 2. The highest BCUT2D eigenvalue weighted by Gasteiger charge is 2.22. The van der Waals surface area contributed by atoms with Gasteiger partial charge in [-0.2, -0.15) is 0 Å². The first-order valence-corrected chi connectivity index (χ1v) is 12.5. The number of fused-ring (bicyclic) bond motifs is 1. The van der Waals surface area contributed by atoms with Crippen molar-refractivity contribution in [3.8, 4) is 0 Å². The summed E-state index contributed by atoms with van der Waals surface area (Å²) in [5, 5.41) is 11.7. The predicted octanol–water partition coefficient (Wildman–Crippen LogP) is 2.97. The molecule has 2 aromatic carbocycles. The largest absolute Gasteiger partial charge is 0.345 e. The van der Waals surface area contributed by atoms with Crippen LogP contribution in [0.25, 0.3) is 16.3 Å². The zero-order valence-electron chi connectivity index (χ0n) is 17.2. The van der Waals surface area contributed by atoms with Crippen molar-refractivity contribution in [3.63, 3.8) is 0 Å². The van der Waals surface area contributed by atoms with Crippen LogP contribution in [0.1, 0.15) is 5.56 Å².